The second kappa shape index (κ2) is 8.05. The van der Waals surface area contributed by atoms with Crippen molar-refractivity contribution in [2.24, 2.45) is 0 Å². The maximum Gasteiger partial charge on any atom is 0.338 e. The highest BCUT2D eigenvalue weighted by Gasteiger charge is 2.17. The second-order valence-electron chi connectivity index (χ2n) is 5.58. The van der Waals surface area contributed by atoms with E-state index in [9.17, 15) is 19.7 Å². The lowest BCUT2D eigenvalue weighted by Gasteiger charge is -2.18. The molecule has 142 valence electrons. The third-order valence-corrected chi connectivity index (χ3v) is 3.72. The summed E-state index contributed by atoms with van der Waals surface area (Å²) in [6.45, 7) is 0.184. The molecule has 0 spiro atoms. The van der Waals surface area contributed by atoms with Crippen LogP contribution in [-0.2, 0) is 9.53 Å². The lowest BCUT2D eigenvalue weighted by atomic mass is 10.1. The average molecular weight is 383 g/mol. The Kier molecular flexibility index (Phi) is 5.36. The van der Waals surface area contributed by atoms with Gasteiger partial charge in [0.25, 0.3) is 11.6 Å². The minimum Gasteiger partial charge on any atom is -0.486 e. The van der Waals surface area contributed by atoms with Gasteiger partial charge in [0, 0.05) is 12.1 Å². The van der Waals surface area contributed by atoms with Gasteiger partial charge >= 0.3 is 5.97 Å². The molecule has 2 aromatic carbocycles. The van der Waals surface area contributed by atoms with Gasteiger partial charge in [0.2, 0.25) is 0 Å². The monoisotopic (exact) mass is 383 g/mol. The van der Waals surface area contributed by atoms with Crippen LogP contribution in [0.5, 0.6) is 11.5 Å². The average Bonchev–Trinajstić information content (AvgIpc) is 2.71. The van der Waals surface area contributed by atoms with Crippen LogP contribution in [0.3, 0.4) is 0 Å². The lowest BCUT2D eigenvalue weighted by molar-refractivity contribution is -0.384. The Balaban J connectivity index is 1.61. The number of nitrogens with one attached hydrogen (secondary N) is 1. The Labute approximate surface area is 158 Å². The van der Waals surface area contributed by atoms with E-state index in [2.05, 4.69) is 5.32 Å². The Hall–Kier alpha value is -4.13. The standard InChI is InChI=1S/C18H13N3O7/c19-9-12-7-13(21(24)25)2-3-14(12)20-17(22)10-28-18(23)11-1-4-15-16(8-11)27-6-5-26-15/h1-4,7-8H,5-6,10H2,(H,20,22). The first kappa shape index (κ1) is 18.7. The van der Waals surface area contributed by atoms with E-state index >= 15 is 0 Å². The first-order valence-corrected chi connectivity index (χ1v) is 8.03. The summed E-state index contributed by atoms with van der Waals surface area (Å²) in [6.07, 6.45) is 0. The van der Waals surface area contributed by atoms with E-state index in [1.54, 1.807) is 12.1 Å². The Bertz CT molecular complexity index is 997. The maximum atomic E-state index is 12.1. The van der Waals surface area contributed by atoms with Crippen molar-refractivity contribution >= 4 is 23.3 Å². The molecule has 28 heavy (non-hydrogen) atoms. The van der Waals surface area contributed by atoms with Gasteiger partial charge in [-0.15, -0.1) is 0 Å². The molecule has 10 heteroatoms. The van der Waals surface area contributed by atoms with Crippen molar-refractivity contribution in [3.63, 3.8) is 0 Å². The van der Waals surface area contributed by atoms with Crippen molar-refractivity contribution < 1.29 is 28.7 Å². The third kappa shape index (κ3) is 4.16. The van der Waals surface area contributed by atoms with Gasteiger partial charge in [-0.1, -0.05) is 0 Å². The van der Waals surface area contributed by atoms with E-state index in [4.69, 9.17) is 19.5 Å². The van der Waals surface area contributed by atoms with Crippen molar-refractivity contribution in [3.8, 4) is 17.6 Å². The molecule has 0 atom stereocenters. The SMILES string of the molecule is N#Cc1cc([N+](=O)[O-])ccc1NC(=O)COC(=O)c1ccc2c(c1)OCCO2. The van der Waals surface area contributed by atoms with Crippen LogP contribution in [0, 0.1) is 21.4 Å². The molecule has 1 heterocycles. The van der Waals surface area contributed by atoms with Crippen LogP contribution < -0.4 is 14.8 Å². The molecule has 0 unspecified atom stereocenters. The number of esters is 1. The highest BCUT2D eigenvalue weighted by atomic mass is 16.6. The van der Waals surface area contributed by atoms with Crippen molar-refractivity contribution in [2.75, 3.05) is 25.1 Å². The predicted octanol–water partition coefficient (Wildman–Crippen LogP) is 2.03. The van der Waals surface area contributed by atoms with Gasteiger partial charge in [-0.3, -0.25) is 14.9 Å². The number of anilines is 1. The summed E-state index contributed by atoms with van der Waals surface area (Å²) in [5.41, 5.74) is -0.0983. The van der Waals surface area contributed by atoms with E-state index in [-0.39, 0.29) is 22.5 Å². The number of benzene rings is 2. The number of nitrogens with zero attached hydrogens (tertiary/aromatic N) is 2. The highest BCUT2D eigenvalue weighted by molar-refractivity contribution is 5.96. The minimum atomic E-state index is -0.740. The molecule has 0 fully saturated rings. The van der Waals surface area contributed by atoms with Gasteiger partial charge < -0.3 is 19.5 Å². The number of carbonyl (C=O) groups excluding carboxylic acids is 2. The number of nitro benzene ring substituents is 1. The van der Waals surface area contributed by atoms with Gasteiger partial charge in [-0.2, -0.15) is 5.26 Å². The number of ether oxygens (including phenoxy) is 3. The zero-order valence-corrected chi connectivity index (χ0v) is 14.3. The summed E-state index contributed by atoms with van der Waals surface area (Å²) in [4.78, 5) is 34.2. The Morgan fingerprint density at radius 2 is 1.93 bits per heavy atom. The minimum absolute atomic E-state index is 0.0773. The molecule has 0 bridgehead atoms. The molecule has 1 N–H and O–H groups in total. The Morgan fingerprint density at radius 1 is 1.18 bits per heavy atom. The molecule has 2 aromatic rings. The van der Waals surface area contributed by atoms with E-state index in [0.717, 1.165) is 12.1 Å². The molecular weight excluding hydrogens is 370 g/mol. The van der Waals surface area contributed by atoms with Crippen molar-refractivity contribution in [2.45, 2.75) is 0 Å². The zero-order valence-electron chi connectivity index (χ0n) is 14.3. The van der Waals surface area contributed by atoms with E-state index < -0.39 is 23.4 Å². The molecule has 1 aliphatic rings. The third-order valence-electron chi connectivity index (χ3n) is 3.72. The van der Waals surface area contributed by atoms with Gasteiger partial charge in [0.05, 0.1) is 21.7 Å². The van der Waals surface area contributed by atoms with Gasteiger partial charge in [0.15, 0.2) is 18.1 Å². The quantitative estimate of drug-likeness (QED) is 0.470. The molecule has 0 aromatic heterocycles. The first-order chi connectivity index (χ1) is 13.5. The van der Waals surface area contributed by atoms with Crippen molar-refractivity contribution in [3.05, 3.63) is 57.6 Å². The van der Waals surface area contributed by atoms with E-state index in [0.29, 0.717) is 24.7 Å². The molecule has 0 saturated carbocycles. The van der Waals surface area contributed by atoms with Crippen LogP contribution in [0.1, 0.15) is 15.9 Å². The summed E-state index contributed by atoms with van der Waals surface area (Å²) in [5.74, 6) is -0.509. The molecule has 3 rings (SSSR count). The van der Waals surface area contributed by atoms with Crippen LogP contribution >= 0.6 is 0 Å². The fourth-order valence-corrected chi connectivity index (χ4v) is 2.42. The fourth-order valence-electron chi connectivity index (χ4n) is 2.42. The largest absolute Gasteiger partial charge is 0.486 e. The van der Waals surface area contributed by atoms with E-state index in [1.807, 2.05) is 0 Å². The fraction of sp³-hybridized carbons (Fsp3) is 0.167. The normalized spacial score (nSPS) is 11.8. The molecule has 0 radical (unpaired) electrons. The number of carbonyl (C=O) groups is 2. The molecule has 1 amide bonds. The summed E-state index contributed by atoms with van der Waals surface area (Å²) in [6, 6.07) is 9.70. The summed E-state index contributed by atoms with van der Waals surface area (Å²) in [5, 5.41) is 22.2. The number of nitro groups is 1. The molecule has 10 nitrogen and oxygen atoms in total. The van der Waals surface area contributed by atoms with Gasteiger partial charge in [0.1, 0.15) is 19.3 Å². The number of rotatable bonds is 5. The smallest absolute Gasteiger partial charge is 0.338 e. The van der Waals surface area contributed by atoms with Gasteiger partial charge in [-0.25, -0.2) is 4.79 Å². The first-order valence-electron chi connectivity index (χ1n) is 8.03. The van der Waals surface area contributed by atoms with Crippen LogP contribution in [-0.4, -0.2) is 36.6 Å². The number of amides is 1. The van der Waals surface area contributed by atoms with Gasteiger partial charge in [-0.05, 0) is 24.3 Å². The number of fused-ring (bicyclic) bond motifs is 1. The topological polar surface area (TPSA) is 141 Å². The zero-order chi connectivity index (χ0) is 20.1. The number of hydrogen-bond donors (Lipinski definition) is 1. The summed E-state index contributed by atoms with van der Waals surface area (Å²) < 4.78 is 15.7. The Morgan fingerprint density at radius 3 is 2.64 bits per heavy atom. The van der Waals surface area contributed by atoms with Crippen molar-refractivity contribution in [1.82, 2.24) is 0 Å². The van der Waals surface area contributed by atoms with Crippen LogP contribution in [0.2, 0.25) is 0 Å². The van der Waals surface area contributed by atoms with Crippen LogP contribution in [0.15, 0.2) is 36.4 Å². The number of hydrogen-bond acceptors (Lipinski definition) is 8. The van der Waals surface area contributed by atoms with Crippen LogP contribution in [0.25, 0.3) is 0 Å². The predicted molar refractivity (Wildman–Crippen MR) is 94.2 cm³/mol. The highest BCUT2D eigenvalue weighted by Crippen LogP contribution is 2.31. The number of non-ortho nitro benzene ring substituents is 1. The maximum absolute atomic E-state index is 12.1. The second-order valence-corrected chi connectivity index (χ2v) is 5.58. The molecule has 1 aliphatic heterocycles. The summed E-state index contributed by atoms with van der Waals surface area (Å²) in [7, 11) is 0. The molecular formula is C18H13N3O7. The van der Waals surface area contributed by atoms with E-state index in [1.165, 1.54) is 18.2 Å². The molecule has 0 saturated heterocycles. The molecule has 0 aliphatic carbocycles. The van der Waals surface area contributed by atoms with Crippen molar-refractivity contribution in [1.29, 1.82) is 5.26 Å². The lowest BCUT2D eigenvalue weighted by Crippen LogP contribution is -2.21. The van der Waals surface area contributed by atoms with Crippen LogP contribution in [0.4, 0.5) is 11.4 Å². The number of nitriles is 1. The summed E-state index contributed by atoms with van der Waals surface area (Å²) >= 11 is 0.